The summed E-state index contributed by atoms with van der Waals surface area (Å²) < 4.78 is 5.49. The first-order valence-corrected chi connectivity index (χ1v) is 31.4. The SMILES string of the molecule is CCCCC/C=C\C/C=C\CCCCCCCCCC(=O)OCCCCCCCCCCCCCC/C=C\CCCCCCCCCCCC(=O)NC(CO)C(O)/C=C/CCCCCCCCCCCC. The fraction of sp³-hybridized carbons (Fsp3) is 0.846. The van der Waals surface area contributed by atoms with Crippen molar-refractivity contribution in [3.05, 3.63) is 48.6 Å². The van der Waals surface area contributed by atoms with Gasteiger partial charge in [-0.3, -0.25) is 9.59 Å². The topological polar surface area (TPSA) is 95.9 Å². The lowest BCUT2D eigenvalue weighted by Crippen LogP contribution is -2.45. The lowest BCUT2D eigenvalue weighted by atomic mass is 10.0. The van der Waals surface area contributed by atoms with E-state index in [2.05, 4.69) is 55.6 Å². The van der Waals surface area contributed by atoms with Crippen LogP contribution in [0.3, 0.4) is 0 Å². The van der Waals surface area contributed by atoms with Crippen LogP contribution in [0.1, 0.15) is 328 Å². The second-order valence-electron chi connectivity index (χ2n) is 21.4. The Hall–Kier alpha value is -2.18. The molecule has 3 N–H and O–H groups in total. The Kier molecular flexibility index (Phi) is 58.5. The molecule has 0 aliphatic heterocycles. The van der Waals surface area contributed by atoms with Gasteiger partial charge in [-0.15, -0.1) is 0 Å². The highest BCUT2D eigenvalue weighted by atomic mass is 16.5. The zero-order valence-corrected chi connectivity index (χ0v) is 47.5. The van der Waals surface area contributed by atoms with Gasteiger partial charge in [-0.25, -0.2) is 0 Å². The molecule has 0 aromatic rings. The van der Waals surface area contributed by atoms with E-state index in [9.17, 15) is 19.8 Å². The van der Waals surface area contributed by atoms with Gasteiger partial charge in [0.1, 0.15) is 0 Å². The molecule has 0 aromatic heterocycles. The molecule has 0 aliphatic carbocycles. The van der Waals surface area contributed by atoms with Gasteiger partial charge < -0.3 is 20.3 Å². The molecule has 6 nitrogen and oxygen atoms in total. The normalized spacial score (nSPS) is 12.9. The predicted octanol–water partition coefficient (Wildman–Crippen LogP) is 19.7. The predicted molar refractivity (Wildman–Crippen MR) is 310 cm³/mol. The molecule has 0 fully saturated rings. The van der Waals surface area contributed by atoms with Crippen molar-refractivity contribution in [1.29, 1.82) is 0 Å². The molecular formula is C65H121NO5. The van der Waals surface area contributed by atoms with Gasteiger partial charge in [0.25, 0.3) is 0 Å². The van der Waals surface area contributed by atoms with Crippen molar-refractivity contribution in [2.75, 3.05) is 13.2 Å². The molecule has 2 unspecified atom stereocenters. The van der Waals surface area contributed by atoms with Crippen LogP contribution in [0, 0.1) is 0 Å². The van der Waals surface area contributed by atoms with Crippen LogP contribution in [0.25, 0.3) is 0 Å². The number of unbranched alkanes of at least 4 members (excludes halogenated alkanes) is 41. The van der Waals surface area contributed by atoms with Crippen molar-refractivity contribution in [1.82, 2.24) is 5.32 Å². The van der Waals surface area contributed by atoms with Gasteiger partial charge in [0.2, 0.25) is 5.91 Å². The molecular weight excluding hydrogens is 875 g/mol. The fourth-order valence-corrected chi connectivity index (χ4v) is 9.48. The average Bonchev–Trinajstić information content (AvgIpc) is 3.37. The van der Waals surface area contributed by atoms with Crippen LogP contribution in [-0.2, 0) is 14.3 Å². The molecule has 0 rings (SSSR count). The summed E-state index contributed by atoms with van der Waals surface area (Å²) in [5.41, 5.74) is 0. The van der Waals surface area contributed by atoms with Crippen LogP contribution in [0.5, 0.6) is 0 Å². The number of carbonyl (C=O) groups excluding carboxylic acids is 2. The van der Waals surface area contributed by atoms with Crippen molar-refractivity contribution in [3.8, 4) is 0 Å². The Labute approximate surface area is 442 Å². The van der Waals surface area contributed by atoms with E-state index in [0.717, 1.165) is 51.4 Å². The summed E-state index contributed by atoms with van der Waals surface area (Å²) in [7, 11) is 0. The van der Waals surface area contributed by atoms with E-state index in [1.165, 1.54) is 250 Å². The van der Waals surface area contributed by atoms with E-state index >= 15 is 0 Å². The van der Waals surface area contributed by atoms with Gasteiger partial charge in [-0.2, -0.15) is 0 Å². The van der Waals surface area contributed by atoms with Gasteiger partial charge in [-0.1, -0.05) is 274 Å². The number of nitrogens with one attached hydrogen (secondary N) is 1. The standard InChI is InChI=1S/C65H121NO5/c1-3-5-7-9-11-13-15-17-18-28-32-35-39-43-47-51-55-59-65(70)71-60-56-52-48-44-40-36-33-30-27-25-23-21-19-20-22-24-26-29-31-34-38-42-46-50-54-58-64(69)66-62(61-67)63(68)57-53-49-45-41-37-16-14-12-10-8-6-4-2/h11,13,17-18,20,22,53,57,62-63,67-68H,3-10,12,14-16,19,21,23-52,54-56,58-61H2,1-2H3,(H,66,69)/b13-11-,18-17-,22-20-,57-53+. The molecule has 0 radical (unpaired) electrons. The minimum absolute atomic E-state index is 0.00490. The molecule has 0 saturated heterocycles. The van der Waals surface area contributed by atoms with E-state index in [4.69, 9.17) is 4.74 Å². The van der Waals surface area contributed by atoms with Crippen molar-refractivity contribution in [2.45, 2.75) is 341 Å². The lowest BCUT2D eigenvalue weighted by molar-refractivity contribution is -0.143. The van der Waals surface area contributed by atoms with Crippen LogP contribution in [0.2, 0.25) is 0 Å². The molecule has 1 amide bonds. The highest BCUT2D eigenvalue weighted by molar-refractivity contribution is 5.76. The van der Waals surface area contributed by atoms with Crippen LogP contribution in [-0.4, -0.2) is 47.4 Å². The van der Waals surface area contributed by atoms with E-state index in [1.54, 1.807) is 6.08 Å². The zero-order chi connectivity index (χ0) is 51.4. The van der Waals surface area contributed by atoms with Gasteiger partial charge in [0.05, 0.1) is 25.4 Å². The summed E-state index contributed by atoms with van der Waals surface area (Å²) >= 11 is 0. The van der Waals surface area contributed by atoms with E-state index in [0.29, 0.717) is 19.4 Å². The highest BCUT2D eigenvalue weighted by Gasteiger charge is 2.18. The summed E-state index contributed by atoms with van der Waals surface area (Å²) in [5, 5.41) is 23.1. The van der Waals surface area contributed by atoms with E-state index < -0.39 is 12.1 Å². The average molecular weight is 997 g/mol. The first-order valence-electron chi connectivity index (χ1n) is 31.4. The summed E-state index contributed by atoms with van der Waals surface area (Å²) in [6.45, 7) is 4.87. The van der Waals surface area contributed by atoms with Crippen LogP contribution in [0.4, 0.5) is 0 Å². The molecule has 416 valence electrons. The minimum Gasteiger partial charge on any atom is -0.466 e. The first-order chi connectivity index (χ1) is 35.0. The monoisotopic (exact) mass is 996 g/mol. The Balaban J connectivity index is 3.40. The zero-order valence-electron chi connectivity index (χ0n) is 47.5. The maximum absolute atomic E-state index is 12.4. The Morgan fingerprint density at radius 2 is 0.704 bits per heavy atom. The largest absolute Gasteiger partial charge is 0.466 e. The third-order valence-corrected chi connectivity index (χ3v) is 14.3. The number of aliphatic hydroxyl groups is 2. The number of esters is 1. The number of aliphatic hydroxyl groups excluding tert-OH is 2. The summed E-state index contributed by atoms with van der Waals surface area (Å²) in [6, 6.07) is -0.630. The third kappa shape index (κ3) is 57.0. The molecule has 0 aromatic carbocycles. The Bertz CT molecular complexity index is 1190. The molecule has 0 saturated carbocycles. The Morgan fingerprint density at radius 1 is 0.394 bits per heavy atom. The summed E-state index contributed by atoms with van der Waals surface area (Å²) in [6.07, 6.45) is 77.3. The maximum atomic E-state index is 12.4. The molecule has 0 bridgehead atoms. The summed E-state index contributed by atoms with van der Waals surface area (Å²) in [4.78, 5) is 24.5. The molecule has 6 heteroatoms. The highest BCUT2D eigenvalue weighted by Crippen LogP contribution is 2.17. The van der Waals surface area contributed by atoms with E-state index in [-0.39, 0.29) is 18.5 Å². The third-order valence-electron chi connectivity index (χ3n) is 14.3. The minimum atomic E-state index is -0.846. The molecule has 2 atom stereocenters. The smallest absolute Gasteiger partial charge is 0.305 e. The van der Waals surface area contributed by atoms with Gasteiger partial charge in [0.15, 0.2) is 0 Å². The van der Waals surface area contributed by atoms with Crippen LogP contribution < -0.4 is 5.32 Å². The fourth-order valence-electron chi connectivity index (χ4n) is 9.48. The van der Waals surface area contributed by atoms with Gasteiger partial charge in [0, 0.05) is 12.8 Å². The number of hydrogen-bond acceptors (Lipinski definition) is 5. The van der Waals surface area contributed by atoms with Gasteiger partial charge in [-0.05, 0) is 89.9 Å². The second kappa shape index (κ2) is 60.4. The van der Waals surface area contributed by atoms with Crippen LogP contribution in [0.15, 0.2) is 48.6 Å². The molecule has 0 heterocycles. The van der Waals surface area contributed by atoms with Crippen molar-refractivity contribution in [2.24, 2.45) is 0 Å². The van der Waals surface area contributed by atoms with E-state index in [1.807, 2.05) is 6.08 Å². The molecule has 71 heavy (non-hydrogen) atoms. The number of amides is 1. The number of allylic oxidation sites excluding steroid dienone is 7. The quantitative estimate of drug-likeness (QED) is 0.0321. The van der Waals surface area contributed by atoms with Crippen LogP contribution >= 0.6 is 0 Å². The summed E-state index contributed by atoms with van der Waals surface area (Å²) in [5.74, 6) is -0.0669. The number of carbonyl (C=O) groups is 2. The van der Waals surface area contributed by atoms with Gasteiger partial charge >= 0.3 is 5.97 Å². The lowest BCUT2D eigenvalue weighted by Gasteiger charge is -2.20. The maximum Gasteiger partial charge on any atom is 0.305 e. The number of ether oxygens (including phenoxy) is 1. The molecule has 0 spiro atoms. The Morgan fingerprint density at radius 3 is 1.11 bits per heavy atom. The number of rotatable bonds is 58. The van der Waals surface area contributed by atoms with Crippen molar-refractivity contribution >= 4 is 11.9 Å². The second-order valence-corrected chi connectivity index (χ2v) is 21.4. The molecule has 0 aliphatic rings. The number of hydrogen-bond donors (Lipinski definition) is 3. The first kappa shape index (κ1) is 68.8. The van der Waals surface area contributed by atoms with Crippen molar-refractivity contribution < 1.29 is 24.5 Å². The van der Waals surface area contributed by atoms with Crippen molar-refractivity contribution in [3.63, 3.8) is 0 Å².